The van der Waals surface area contributed by atoms with Crippen molar-refractivity contribution in [2.24, 2.45) is 10.7 Å². The molecule has 0 aromatic carbocycles. The normalized spacial score (nSPS) is 24.3. The maximum atomic E-state index is 5.53. The van der Waals surface area contributed by atoms with Crippen LogP contribution in [0, 0.1) is 0 Å². The highest BCUT2D eigenvalue weighted by Gasteiger charge is 2.16. The average Bonchev–Trinajstić information content (AvgIpc) is 2.31. The van der Waals surface area contributed by atoms with Gasteiger partial charge in [0.05, 0.1) is 6.54 Å². The van der Waals surface area contributed by atoms with E-state index in [1.807, 2.05) is 0 Å². The van der Waals surface area contributed by atoms with Gasteiger partial charge < -0.3 is 10.6 Å². The van der Waals surface area contributed by atoms with Gasteiger partial charge in [0.1, 0.15) is 0 Å². The lowest BCUT2D eigenvalue weighted by molar-refractivity contribution is 0.399. The molecule has 1 unspecified atom stereocenters. The fourth-order valence-electron chi connectivity index (χ4n) is 0.989. The standard InChI is InChI=1S/C7H15N3S/c1-10(2)4-3-6-5-9-7(8)11-6/h6H,3-5H2,1-2H3,(H2,8,9). The summed E-state index contributed by atoms with van der Waals surface area (Å²) in [6.45, 7) is 2.03. The quantitative estimate of drug-likeness (QED) is 0.670. The first-order valence-corrected chi connectivity index (χ1v) is 4.68. The van der Waals surface area contributed by atoms with Crippen molar-refractivity contribution in [3.05, 3.63) is 0 Å². The zero-order valence-corrected chi connectivity index (χ0v) is 7.90. The molecule has 0 aromatic heterocycles. The van der Waals surface area contributed by atoms with E-state index in [1.54, 1.807) is 11.8 Å². The van der Waals surface area contributed by atoms with Gasteiger partial charge in [0.15, 0.2) is 5.17 Å². The van der Waals surface area contributed by atoms with E-state index in [0.29, 0.717) is 5.25 Å². The van der Waals surface area contributed by atoms with Gasteiger partial charge >= 0.3 is 0 Å². The van der Waals surface area contributed by atoms with E-state index in [0.717, 1.165) is 18.3 Å². The zero-order valence-electron chi connectivity index (χ0n) is 7.08. The lowest BCUT2D eigenvalue weighted by atomic mass is 10.3. The number of nitrogens with zero attached hydrogens (tertiary/aromatic N) is 2. The Balaban J connectivity index is 2.11. The SMILES string of the molecule is CN(C)CCC1CN=C(N)S1. The summed E-state index contributed by atoms with van der Waals surface area (Å²) in [6, 6.07) is 0. The number of nitrogens with two attached hydrogens (primary N) is 1. The lowest BCUT2D eigenvalue weighted by Gasteiger charge is -2.12. The molecule has 1 aliphatic heterocycles. The van der Waals surface area contributed by atoms with Gasteiger partial charge in [-0.1, -0.05) is 11.8 Å². The molecule has 3 nitrogen and oxygen atoms in total. The second-order valence-corrected chi connectivity index (χ2v) is 4.33. The molecule has 1 atom stereocenters. The Kier molecular flexibility index (Phi) is 3.20. The van der Waals surface area contributed by atoms with E-state index in [2.05, 4.69) is 24.0 Å². The highest BCUT2D eigenvalue weighted by Crippen LogP contribution is 2.20. The molecule has 0 saturated heterocycles. The van der Waals surface area contributed by atoms with Crippen LogP contribution in [0.2, 0.25) is 0 Å². The summed E-state index contributed by atoms with van der Waals surface area (Å²) >= 11 is 1.71. The molecule has 1 aliphatic rings. The molecule has 11 heavy (non-hydrogen) atoms. The summed E-state index contributed by atoms with van der Waals surface area (Å²) < 4.78 is 0. The molecule has 0 bridgehead atoms. The van der Waals surface area contributed by atoms with Crippen LogP contribution in [0.15, 0.2) is 4.99 Å². The second-order valence-electron chi connectivity index (χ2n) is 3.01. The Morgan fingerprint density at radius 1 is 1.73 bits per heavy atom. The van der Waals surface area contributed by atoms with Gasteiger partial charge in [-0.3, -0.25) is 4.99 Å². The van der Waals surface area contributed by atoms with Crippen molar-refractivity contribution in [3.8, 4) is 0 Å². The number of hydrogen-bond donors (Lipinski definition) is 1. The molecule has 4 heteroatoms. The van der Waals surface area contributed by atoms with E-state index in [4.69, 9.17) is 5.73 Å². The third-order valence-corrected chi connectivity index (χ3v) is 2.73. The molecule has 2 N–H and O–H groups in total. The summed E-state index contributed by atoms with van der Waals surface area (Å²) in [5.74, 6) is 0. The van der Waals surface area contributed by atoms with Crippen LogP contribution in [-0.4, -0.2) is 42.5 Å². The predicted molar refractivity (Wildman–Crippen MR) is 51.0 cm³/mol. The van der Waals surface area contributed by atoms with E-state index in [1.165, 1.54) is 6.42 Å². The Hall–Kier alpha value is -0.220. The number of rotatable bonds is 3. The van der Waals surface area contributed by atoms with E-state index >= 15 is 0 Å². The fourth-order valence-corrected chi connectivity index (χ4v) is 1.85. The maximum Gasteiger partial charge on any atom is 0.154 e. The van der Waals surface area contributed by atoms with E-state index in [9.17, 15) is 0 Å². The summed E-state index contributed by atoms with van der Waals surface area (Å²) in [6.07, 6.45) is 1.18. The third kappa shape index (κ3) is 3.12. The van der Waals surface area contributed by atoms with Crippen molar-refractivity contribution >= 4 is 16.9 Å². The average molecular weight is 173 g/mol. The van der Waals surface area contributed by atoms with Gasteiger partial charge in [-0.25, -0.2) is 0 Å². The van der Waals surface area contributed by atoms with Gasteiger partial charge in [-0.15, -0.1) is 0 Å². The van der Waals surface area contributed by atoms with Crippen LogP contribution in [0.1, 0.15) is 6.42 Å². The first kappa shape index (κ1) is 8.87. The van der Waals surface area contributed by atoms with Gasteiger partial charge in [-0.2, -0.15) is 0 Å². The Bertz CT molecular complexity index is 156. The molecule has 0 radical (unpaired) electrons. The predicted octanol–water partition coefficient (Wildman–Crippen LogP) is 0.368. The first-order chi connectivity index (χ1) is 5.18. The summed E-state index contributed by atoms with van der Waals surface area (Å²) in [5.41, 5.74) is 5.53. The van der Waals surface area contributed by atoms with Crippen LogP contribution >= 0.6 is 11.8 Å². The van der Waals surface area contributed by atoms with Crippen LogP contribution in [0.4, 0.5) is 0 Å². The first-order valence-electron chi connectivity index (χ1n) is 3.80. The van der Waals surface area contributed by atoms with Crippen LogP contribution in [0.5, 0.6) is 0 Å². The van der Waals surface area contributed by atoms with Crippen molar-refractivity contribution in [1.82, 2.24) is 4.90 Å². The molecule has 0 amide bonds. The number of hydrogen-bond acceptors (Lipinski definition) is 4. The zero-order chi connectivity index (χ0) is 8.27. The largest absolute Gasteiger partial charge is 0.379 e. The Labute approximate surface area is 72.0 Å². The third-order valence-electron chi connectivity index (χ3n) is 1.64. The van der Waals surface area contributed by atoms with Crippen LogP contribution in [-0.2, 0) is 0 Å². The summed E-state index contributed by atoms with van der Waals surface area (Å²) in [5, 5.41) is 1.38. The van der Waals surface area contributed by atoms with Gasteiger partial charge in [0.2, 0.25) is 0 Å². The van der Waals surface area contributed by atoms with Crippen LogP contribution in [0.25, 0.3) is 0 Å². The minimum atomic E-state index is 0.623. The lowest BCUT2D eigenvalue weighted by Crippen LogP contribution is -2.18. The topological polar surface area (TPSA) is 41.6 Å². The van der Waals surface area contributed by atoms with Crippen LogP contribution < -0.4 is 5.73 Å². The molecule has 0 aromatic rings. The molecule has 0 saturated carbocycles. The van der Waals surface area contributed by atoms with Gasteiger partial charge in [0.25, 0.3) is 0 Å². The minimum Gasteiger partial charge on any atom is -0.379 e. The molecule has 0 fully saturated rings. The molecule has 0 spiro atoms. The summed E-state index contributed by atoms with van der Waals surface area (Å²) in [7, 11) is 4.17. The highest BCUT2D eigenvalue weighted by molar-refractivity contribution is 8.14. The fraction of sp³-hybridized carbons (Fsp3) is 0.857. The van der Waals surface area contributed by atoms with Crippen molar-refractivity contribution in [2.75, 3.05) is 27.2 Å². The van der Waals surface area contributed by atoms with Crippen molar-refractivity contribution in [3.63, 3.8) is 0 Å². The Morgan fingerprint density at radius 2 is 2.45 bits per heavy atom. The maximum absolute atomic E-state index is 5.53. The highest BCUT2D eigenvalue weighted by atomic mass is 32.2. The molecular weight excluding hydrogens is 158 g/mol. The molecular formula is C7H15N3S. The van der Waals surface area contributed by atoms with Gasteiger partial charge in [-0.05, 0) is 27.1 Å². The molecule has 64 valence electrons. The van der Waals surface area contributed by atoms with E-state index < -0.39 is 0 Å². The smallest absolute Gasteiger partial charge is 0.154 e. The molecule has 1 rings (SSSR count). The second kappa shape index (κ2) is 3.97. The minimum absolute atomic E-state index is 0.623. The number of aliphatic imine (C=N–C) groups is 1. The van der Waals surface area contributed by atoms with Crippen molar-refractivity contribution in [2.45, 2.75) is 11.7 Å². The summed E-state index contributed by atoms with van der Waals surface area (Å²) in [4.78, 5) is 6.32. The number of amidine groups is 1. The molecule has 0 aliphatic carbocycles. The molecule has 1 heterocycles. The number of thioether (sulfide) groups is 1. The monoisotopic (exact) mass is 173 g/mol. The van der Waals surface area contributed by atoms with Crippen LogP contribution in [0.3, 0.4) is 0 Å². The van der Waals surface area contributed by atoms with E-state index in [-0.39, 0.29) is 0 Å². The van der Waals surface area contributed by atoms with Gasteiger partial charge in [0, 0.05) is 5.25 Å². The van der Waals surface area contributed by atoms with Crippen molar-refractivity contribution < 1.29 is 0 Å². The Morgan fingerprint density at radius 3 is 2.91 bits per heavy atom. The van der Waals surface area contributed by atoms with Crippen molar-refractivity contribution in [1.29, 1.82) is 0 Å².